The Kier molecular flexibility index (Phi) is 3.32. The number of alkyl halides is 2. The molecule has 0 aromatic carbocycles. The van der Waals surface area contributed by atoms with Crippen LogP contribution in [0.1, 0.15) is 46.5 Å². The maximum absolute atomic E-state index is 3.80. The van der Waals surface area contributed by atoms with Crippen molar-refractivity contribution in [3.63, 3.8) is 0 Å². The molecule has 12 heavy (non-hydrogen) atoms. The van der Waals surface area contributed by atoms with E-state index in [-0.39, 0.29) is 0 Å². The van der Waals surface area contributed by atoms with Crippen LogP contribution in [0.4, 0.5) is 0 Å². The standard InChI is InChI=1S/C10H18Br2/c1-9(2,11)8-5-4-6-10(3,12)7-8/h8H,4-7H2,1-3H3. The Morgan fingerprint density at radius 1 is 1.42 bits per heavy atom. The Morgan fingerprint density at radius 3 is 2.33 bits per heavy atom. The number of hydrogen-bond donors (Lipinski definition) is 0. The van der Waals surface area contributed by atoms with Crippen LogP contribution in [0.15, 0.2) is 0 Å². The van der Waals surface area contributed by atoms with E-state index >= 15 is 0 Å². The Balaban J connectivity index is 2.58. The van der Waals surface area contributed by atoms with Gasteiger partial charge in [-0.1, -0.05) is 38.3 Å². The van der Waals surface area contributed by atoms with Crippen LogP contribution >= 0.6 is 31.9 Å². The van der Waals surface area contributed by atoms with Crippen LogP contribution in [0.5, 0.6) is 0 Å². The molecule has 2 atom stereocenters. The van der Waals surface area contributed by atoms with Gasteiger partial charge in [0.25, 0.3) is 0 Å². The minimum absolute atomic E-state index is 0.308. The summed E-state index contributed by atoms with van der Waals surface area (Å²) in [6.07, 6.45) is 5.36. The van der Waals surface area contributed by atoms with E-state index in [1.165, 1.54) is 25.7 Å². The summed E-state index contributed by atoms with van der Waals surface area (Å²) in [5.41, 5.74) is 0. The summed E-state index contributed by atoms with van der Waals surface area (Å²) in [4.78, 5) is 0. The SMILES string of the molecule is CC1(Br)CCCC(C(C)(C)Br)C1. The lowest BCUT2D eigenvalue weighted by molar-refractivity contribution is 0.273. The van der Waals surface area contributed by atoms with Crippen molar-refractivity contribution in [2.45, 2.75) is 55.1 Å². The van der Waals surface area contributed by atoms with Crippen molar-refractivity contribution in [1.82, 2.24) is 0 Å². The van der Waals surface area contributed by atoms with E-state index < -0.39 is 0 Å². The fourth-order valence-electron chi connectivity index (χ4n) is 2.02. The lowest BCUT2D eigenvalue weighted by atomic mass is 9.77. The van der Waals surface area contributed by atoms with Crippen LogP contribution in [0.3, 0.4) is 0 Å². The predicted octanol–water partition coefficient (Wildman–Crippen LogP) is 4.50. The van der Waals surface area contributed by atoms with Gasteiger partial charge in [0, 0.05) is 8.65 Å². The molecule has 1 saturated carbocycles. The fraction of sp³-hybridized carbons (Fsp3) is 1.00. The smallest absolute Gasteiger partial charge is 0.0233 e. The largest absolute Gasteiger partial charge is 0.0856 e. The number of hydrogen-bond acceptors (Lipinski definition) is 0. The van der Waals surface area contributed by atoms with Crippen molar-refractivity contribution in [3.05, 3.63) is 0 Å². The maximum atomic E-state index is 3.80. The lowest BCUT2D eigenvalue weighted by Crippen LogP contribution is -2.34. The van der Waals surface area contributed by atoms with Crippen LogP contribution in [0.25, 0.3) is 0 Å². The number of rotatable bonds is 1. The van der Waals surface area contributed by atoms with E-state index in [0.29, 0.717) is 8.65 Å². The highest BCUT2D eigenvalue weighted by Crippen LogP contribution is 2.45. The highest BCUT2D eigenvalue weighted by Gasteiger charge is 2.36. The Bertz CT molecular complexity index is 152. The highest BCUT2D eigenvalue weighted by atomic mass is 79.9. The molecular formula is C10H18Br2. The van der Waals surface area contributed by atoms with Gasteiger partial charge < -0.3 is 0 Å². The summed E-state index contributed by atoms with van der Waals surface area (Å²) < 4.78 is 0.698. The van der Waals surface area contributed by atoms with Crippen LogP contribution in [0.2, 0.25) is 0 Å². The third-order valence-corrected chi connectivity index (χ3v) is 4.26. The normalized spacial score (nSPS) is 38.2. The molecular weight excluding hydrogens is 280 g/mol. The van der Waals surface area contributed by atoms with Gasteiger partial charge in [-0.05, 0) is 46.0 Å². The average molecular weight is 298 g/mol. The van der Waals surface area contributed by atoms with Gasteiger partial charge in [-0.25, -0.2) is 0 Å². The molecule has 1 aliphatic rings. The monoisotopic (exact) mass is 296 g/mol. The van der Waals surface area contributed by atoms with E-state index in [0.717, 1.165) is 5.92 Å². The predicted molar refractivity (Wildman–Crippen MR) is 62.3 cm³/mol. The van der Waals surface area contributed by atoms with Gasteiger partial charge in [-0.3, -0.25) is 0 Å². The van der Waals surface area contributed by atoms with E-state index in [9.17, 15) is 0 Å². The first kappa shape index (κ1) is 11.0. The van der Waals surface area contributed by atoms with E-state index in [1.807, 2.05) is 0 Å². The molecule has 1 aliphatic carbocycles. The highest BCUT2D eigenvalue weighted by molar-refractivity contribution is 9.10. The van der Waals surface area contributed by atoms with E-state index in [2.05, 4.69) is 52.6 Å². The summed E-state index contributed by atoms with van der Waals surface area (Å²) in [5.74, 6) is 0.815. The van der Waals surface area contributed by atoms with Crippen molar-refractivity contribution in [2.24, 2.45) is 5.92 Å². The second kappa shape index (κ2) is 3.61. The van der Waals surface area contributed by atoms with Gasteiger partial charge in [0.2, 0.25) is 0 Å². The minimum atomic E-state index is 0.308. The molecule has 0 aromatic rings. The van der Waals surface area contributed by atoms with Crippen LogP contribution in [0, 0.1) is 5.92 Å². The zero-order valence-corrected chi connectivity index (χ0v) is 11.3. The number of halogens is 2. The molecule has 0 aliphatic heterocycles. The Labute approximate surface area is 92.8 Å². The van der Waals surface area contributed by atoms with Crippen molar-refractivity contribution in [2.75, 3.05) is 0 Å². The Hall–Kier alpha value is 0.960. The van der Waals surface area contributed by atoms with Crippen LogP contribution in [-0.4, -0.2) is 8.65 Å². The molecule has 0 radical (unpaired) electrons. The van der Waals surface area contributed by atoms with Crippen LogP contribution < -0.4 is 0 Å². The molecule has 2 heteroatoms. The maximum Gasteiger partial charge on any atom is 0.0233 e. The van der Waals surface area contributed by atoms with Crippen LogP contribution in [-0.2, 0) is 0 Å². The van der Waals surface area contributed by atoms with Gasteiger partial charge in [-0.15, -0.1) is 0 Å². The first-order chi connectivity index (χ1) is 5.31. The summed E-state index contributed by atoms with van der Waals surface area (Å²) in [6.45, 7) is 6.88. The molecule has 2 unspecified atom stereocenters. The van der Waals surface area contributed by atoms with Gasteiger partial charge in [0.05, 0.1) is 0 Å². The Morgan fingerprint density at radius 2 is 2.00 bits per heavy atom. The zero-order valence-electron chi connectivity index (χ0n) is 8.16. The second-order valence-corrected chi connectivity index (χ2v) is 8.73. The molecule has 1 fully saturated rings. The third-order valence-electron chi connectivity index (χ3n) is 2.89. The molecule has 0 N–H and O–H groups in total. The van der Waals surface area contributed by atoms with E-state index in [4.69, 9.17) is 0 Å². The molecule has 0 amide bonds. The first-order valence-corrected chi connectivity index (χ1v) is 6.28. The zero-order chi connectivity index (χ0) is 9.41. The van der Waals surface area contributed by atoms with Crippen molar-refractivity contribution in [1.29, 1.82) is 0 Å². The summed E-state index contributed by atoms with van der Waals surface area (Å²) in [6, 6.07) is 0. The summed E-state index contributed by atoms with van der Waals surface area (Å²) >= 11 is 7.58. The topological polar surface area (TPSA) is 0 Å². The van der Waals surface area contributed by atoms with Crippen molar-refractivity contribution >= 4 is 31.9 Å². The van der Waals surface area contributed by atoms with Gasteiger partial charge in [0.1, 0.15) is 0 Å². The van der Waals surface area contributed by atoms with Gasteiger partial charge in [0.15, 0.2) is 0 Å². The molecule has 0 aromatic heterocycles. The summed E-state index contributed by atoms with van der Waals surface area (Å²) in [7, 11) is 0. The van der Waals surface area contributed by atoms with Crippen molar-refractivity contribution < 1.29 is 0 Å². The summed E-state index contributed by atoms with van der Waals surface area (Å²) in [5, 5.41) is 0. The van der Waals surface area contributed by atoms with Gasteiger partial charge in [-0.2, -0.15) is 0 Å². The molecule has 72 valence electrons. The molecule has 0 saturated heterocycles. The molecule has 0 bridgehead atoms. The lowest BCUT2D eigenvalue weighted by Gasteiger charge is -2.39. The molecule has 1 rings (SSSR count). The van der Waals surface area contributed by atoms with Crippen molar-refractivity contribution in [3.8, 4) is 0 Å². The molecule has 0 nitrogen and oxygen atoms in total. The van der Waals surface area contributed by atoms with E-state index in [1.54, 1.807) is 0 Å². The minimum Gasteiger partial charge on any atom is -0.0856 e. The average Bonchev–Trinajstić information content (AvgIpc) is 1.83. The molecule has 0 spiro atoms. The second-order valence-electron chi connectivity index (χ2n) is 4.77. The third kappa shape index (κ3) is 3.02. The fourth-order valence-corrected chi connectivity index (χ4v) is 3.08. The first-order valence-electron chi connectivity index (χ1n) is 4.69. The quantitative estimate of drug-likeness (QED) is 0.625. The van der Waals surface area contributed by atoms with Gasteiger partial charge >= 0.3 is 0 Å². The molecule has 0 heterocycles.